The molecule has 0 aliphatic carbocycles. The van der Waals surface area contributed by atoms with Crippen LogP contribution >= 0.6 is 27.3 Å². The highest BCUT2D eigenvalue weighted by Crippen LogP contribution is 2.31. The Hall–Kier alpha value is -1.26. The molecule has 0 amide bonds. The smallest absolute Gasteiger partial charge is 0.143 e. The Morgan fingerprint density at radius 3 is 2.83 bits per heavy atom. The maximum atomic E-state index is 4.69. The van der Waals surface area contributed by atoms with Crippen molar-refractivity contribution in [2.45, 2.75) is 13.3 Å². The lowest BCUT2D eigenvalue weighted by molar-refractivity contribution is 1.06. The average Bonchev–Trinajstić information content (AvgIpc) is 2.86. The zero-order valence-corrected chi connectivity index (χ0v) is 12.3. The third-order valence-corrected chi connectivity index (χ3v) is 4.30. The van der Waals surface area contributed by atoms with E-state index in [0.29, 0.717) is 0 Å². The van der Waals surface area contributed by atoms with Gasteiger partial charge in [-0.2, -0.15) is 0 Å². The Morgan fingerprint density at radius 1 is 1.22 bits per heavy atom. The van der Waals surface area contributed by atoms with Gasteiger partial charge in [0.1, 0.15) is 10.7 Å². The van der Waals surface area contributed by atoms with E-state index in [-0.39, 0.29) is 0 Å². The fraction of sp³-hybridized carbons (Fsp3) is 0.143. The molecular weight excluding hydrogens is 308 g/mol. The van der Waals surface area contributed by atoms with Crippen molar-refractivity contribution in [1.82, 2.24) is 9.97 Å². The lowest BCUT2D eigenvalue weighted by Crippen LogP contribution is -1.88. The third kappa shape index (κ3) is 2.06. The zero-order chi connectivity index (χ0) is 12.5. The van der Waals surface area contributed by atoms with Crippen LogP contribution in [-0.4, -0.2) is 9.97 Å². The van der Waals surface area contributed by atoms with Crippen LogP contribution in [0.5, 0.6) is 0 Å². The molecule has 0 atom stereocenters. The van der Waals surface area contributed by atoms with E-state index in [1.807, 2.05) is 18.2 Å². The molecule has 0 unspecified atom stereocenters. The number of para-hydroxylation sites is 1. The van der Waals surface area contributed by atoms with Crippen LogP contribution in [0, 0.1) is 0 Å². The minimum Gasteiger partial charge on any atom is -0.244 e. The van der Waals surface area contributed by atoms with Gasteiger partial charge in [0, 0.05) is 15.2 Å². The van der Waals surface area contributed by atoms with Crippen molar-refractivity contribution in [3.05, 3.63) is 45.9 Å². The first-order chi connectivity index (χ1) is 8.78. The number of halogens is 1. The Labute approximate surface area is 118 Å². The summed E-state index contributed by atoms with van der Waals surface area (Å²) < 4.78 is 0.998. The van der Waals surface area contributed by atoms with E-state index in [9.17, 15) is 0 Å². The minimum absolute atomic E-state index is 0.929. The first kappa shape index (κ1) is 11.8. The molecule has 0 N–H and O–H groups in total. The van der Waals surface area contributed by atoms with E-state index in [1.165, 1.54) is 0 Å². The summed E-state index contributed by atoms with van der Waals surface area (Å²) in [5.74, 6) is 0. The van der Waals surface area contributed by atoms with Crippen LogP contribution < -0.4 is 0 Å². The van der Waals surface area contributed by atoms with Crippen molar-refractivity contribution in [2.24, 2.45) is 0 Å². The summed E-state index contributed by atoms with van der Waals surface area (Å²) in [4.78, 5) is 9.29. The molecule has 90 valence electrons. The second-order valence-corrected chi connectivity index (χ2v) is 5.72. The molecule has 0 radical (unpaired) electrons. The summed E-state index contributed by atoms with van der Waals surface area (Å²) in [5.41, 5.74) is 3.05. The summed E-state index contributed by atoms with van der Waals surface area (Å²) in [6.07, 6.45) is 0.960. The monoisotopic (exact) mass is 318 g/mol. The van der Waals surface area contributed by atoms with Crippen LogP contribution in [0.25, 0.3) is 21.6 Å². The Balaban J connectivity index is 2.19. The minimum atomic E-state index is 0.929. The molecule has 0 bridgehead atoms. The van der Waals surface area contributed by atoms with Crippen molar-refractivity contribution in [1.29, 1.82) is 0 Å². The third-order valence-electron chi connectivity index (χ3n) is 2.79. The quantitative estimate of drug-likeness (QED) is 0.685. The molecule has 0 aliphatic rings. The van der Waals surface area contributed by atoms with Gasteiger partial charge in [-0.3, -0.25) is 0 Å². The summed E-state index contributed by atoms with van der Waals surface area (Å²) in [7, 11) is 0. The first-order valence-electron chi connectivity index (χ1n) is 5.78. The number of fused-ring (bicyclic) bond motifs is 1. The maximum Gasteiger partial charge on any atom is 0.143 e. The number of rotatable bonds is 2. The fourth-order valence-corrected chi connectivity index (χ4v) is 3.38. The van der Waals surface area contributed by atoms with Gasteiger partial charge < -0.3 is 0 Å². The van der Waals surface area contributed by atoms with Gasteiger partial charge in [-0.25, -0.2) is 9.97 Å². The summed E-state index contributed by atoms with van der Waals surface area (Å²) in [5, 5.41) is 4.21. The van der Waals surface area contributed by atoms with Gasteiger partial charge >= 0.3 is 0 Å². The lowest BCUT2D eigenvalue weighted by atomic mass is 10.2. The fourth-order valence-electron chi connectivity index (χ4n) is 1.82. The van der Waals surface area contributed by atoms with Crippen molar-refractivity contribution >= 4 is 38.2 Å². The molecule has 0 fully saturated rings. The number of benzene rings is 1. The predicted octanol–water partition coefficient (Wildman–Crippen LogP) is 4.68. The molecule has 0 spiro atoms. The van der Waals surface area contributed by atoms with Crippen LogP contribution in [0.3, 0.4) is 0 Å². The Kier molecular flexibility index (Phi) is 3.14. The number of thiazole rings is 1. The number of pyridine rings is 1. The number of aromatic nitrogens is 2. The Morgan fingerprint density at radius 2 is 2.06 bits per heavy atom. The van der Waals surface area contributed by atoms with Gasteiger partial charge in [-0.1, -0.05) is 25.1 Å². The van der Waals surface area contributed by atoms with Crippen LogP contribution in [0.1, 0.15) is 12.6 Å². The highest BCUT2D eigenvalue weighted by atomic mass is 79.9. The average molecular weight is 319 g/mol. The van der Waals surface area contributed by atoms with E-state index in [0.717, 1.165) is 38.2 Å². The summed E-state index contributed by atoms with van der Waals surface area (Å²) in [6.45, 7) is 2.11. The number of hydrogen-bond acceptors (Lipinski definition) is 3. The molecule has 0 saturated carbocycles. The molecule has 18 heavy (non-hydrogen) atoms. The second kappa shape index (κ2) is 4.78. The van der Waals surface area contributed by atoms with Crippen LogP contribution in [0.4, 0.5) is 0 Å². The normalized spacial score (nSPS) is 11.0. The standard InChI is InChI=1S/C14H11BrN2S/c1-2-10-8-18-14(16-10)13-11(15)7-9-5-3-4-6-12(9)17-13/h3-8H,2H2,1H3. The highest BCUT2D eigenvalue weighted by Gasteiger charge is 2.10. The van der Waals surface area contributed by atoms with Gasteiger partial charge in [0.15, 0.2) is 0 Å². The Bertz CT molecular complexity index is 706. The van der Waals surface area contributed by atoms with Crippen LogP contribution in [0.15, 0.2) is 40.2 Å². The molecule has 2 nitrogen and oxygen atoms in total. The molecule has 0 saturated heterocycles. The lowest BCUT2D eigenvalue weighted by Gasteiger charge is -2.03. The van der Waals surface area contributed by atoms with Crippen LogP contribution in [0.2, 0.25) is 0 Å². The molecule has 1 aromatic carbocycles. The zero-order valence-electron chi connectivity index (χ0n) is 9.85. The molecule has 4 heteroatoms. The van der Waals surface area contributed by atoms with E-state index >= 15 is 0 Å². The predicted molar refractivity (Wildman–Crippen MR) is 79.9 cm³/mol. The number of aryl methyl sites for hydroxylation is 1. The van der Waals surface area contributed by atoms with E-state index < -0.39 is 0 Å². The molecule has 0 aliphatic heterocycles. The molecule has 2 aromatic heterocycles. The van der Waals surface area contributed by atoms with Crippen molar-refractivity contribution in [3.63, 3.8) is 0 Å². The van der Waals surface area contributed by atoms with Crippen LogP contribution in [-0.2, 0) is 6.42 Å². The van der Waals surface area contributed by atoms with E-state index in [4.69, 9.17) is 4.98 Å². The van der Waals surface area contributed by atoms with Gasteiger partial charge in [-0.15, -0.1) is 11.3 Å². The van der Waals surface area contributed by atoms with Crippen molar-refractivity contribution < 1.29 is 0 Å². The first-order valence-corrected chi connectivity index (χ1v) is 7.45. The number of nitrogens with zero attached hydrogens (tertiary/aromatic N) is 2. The van der Waals surface area contributed by atoms with Crippen molar-refractivity contribution in [2.75, 3.05) is 0 Å². The molecule has 3 rings (SSSR count). The van der Waals surface area contributed by atoms with Gasteiger partial charge in [0.25, 0.3) is 0 Å². The van der Waals surface area contributed by atoms with E-state index in [2.05, 4.69) is 45.4 Å². The van der Waals surface area contributed by atoms with Gasteiger partial charge in [-0.05, 0) is 34.5 Å². The SMILES string of the molecule is CCc1csc(-c2nc3ccccc3cc2Br)n1. The molecule has 3 aromatic rings. The maximum absolute atomic E-state index is 4.69. The molecular formula is C14H11BrN2S. The van der Waals surface area contributed by atoms with Gasteiger partial charge in [0.2, 0.25) is 0 Å². The number of hydrogen-bond donors (Lipinski definition) is 0. The molecule has 2 heterocycles. The van der Waals surface area contributed by atoms with Gasteiger partial charge in [0.05, 0.1) is 11.2 Å². The summed E-state index contributed by atoms with van der Waals surface area (Å²) >= 11 is 5.24. The summed E-state index contributed by atoms with van der Waals surface area (Å²) in [6, 6.07) is 10.2. The highest BCUT2D eigenvalue weighted by molar-refractivity contribution is 9.10. The van der Waals surface area contributed by atoms with Crippen molar-refractivity contribution in [3.8, 4) is 10.7 Å². The second-order valence-electron chi connectivity index (χ2n) is 4.01. The van der Waals surface area contributed by atoms with E-state index in [1.54, 1.807) is 11.3 Å². The largest absolute Gasteiger partial charge is 0.244 e. The topological polar surface area (TPSA) is 25.8 Å².